The van der Waals surface area contributed by atoms with Crippen molar-refractivity contribution in [1.82, 2.24) is 0 Å². The minimum absolute atomic E-state index is 0.109. The molecule has 0 saturated carbocycles. The maximum absolute atomic E-state index is 12.5. The molecule has 2 rings (SSSR count). The second-order valence-electron chi connectivity index (χ2n) is 7.10. The average Bonchev–Trinajstić information content (AvgIpc) is 2.66. The van der Waals surface area contributed by atoms with Crippen LogP contribution in [0.3, 0.4) is 0 Å². The van der Waals surface area contributed by atoms with Crippen LogP contribution >= 0.6 is 0 Å². The molecule has 0 bridgehead atoms. The zero-order chi connectivity index (χ0) is 21.2. The first-order chi connectivity index (χ1) is 13.9. The number of hydrogen-bond donors (Lipinski definition) is 1. The van der Waals surface area contributed by atoms with Crippen LogP contribution in [-0.4, -0.2) is 24.1 Å². The highest BCUT2D eigenvalue weighted by atomic mass is 16.5. The van der Waals surface area contributed by atoms with E-state index in [1.165, 1.54) is 17.7 Å². The van der Waals surface area contributed by atoms with Gasteiger partial charge in [-0.25, -0.2) is 0 Å². The van der Waals surface area contributed by atoms with Crippen molar-refractivity contribution < 1.29 is 19.4 Å². The SMILES string of the molecule is CC(C)=CCOc1ccc(C(=O)C=Cc2ccccc2OCC=C(C)C)c(O)c1. The highest BCUT2D eigenvalue weighted by molar-refractivity contribution is 6.08. The number of aromatic hydroxyl groups is 1. The van der Waals surface area contributed by atoms with E-state index in [2.05, 4.69) is 0 Å². The lowest BCUT2D eigenvalue weighted by Crippen LogP contribution is -1.98. The highest BCUT2D eigenvalue weighted by Crippen LogP contribution is 2.25. The summed E-state index contributed by atoms with van der Waals surface area (Å²) in [7, 11) is 0. The lowest BCUT2D eigenvalue weighted by molar-refractivity contribution is 0.104. The summed E-state index contributed by atoms with van der Waals surface area (Å²) < 4.78 is 11.3. The van der Waals surface area contributed by atoms with Gasteiger partial charge >= 0.3 is 0 Å². The molecule has 0 unspecified atom stereocenters. The van der Waals surface area contributed by atoms with E-state index in [0.29, 0.717) is 24.7 Å². The van der Waals surface area contributed by atoms with E-state index in [0.717, 1.165) is 11.1 Å². The molecule has 0 aliphatic rings. The smallest absolute Gasteiger partial charge is 0.189 e. The Labute approximate surface area is 172 Å². The Kier molecular flexibility index (Phi) is 8.28. The topological polar surface area (TPSA) is 55.8 Å². The Hall–Kier alpha value is -3.27. The Balaban J connectivity index is 2.09. The number of carbonyl (C=O) groups is 1. The van der Waals surface area contributed by atoms with Crippen LogP contribution in [0.1, 0.15) is 43.6 Å². The van der Waals surface area contributed by atoms with Crippen molar-refractivity contribution in [3.63, 3.8) is 0 Å². The van der Waals surface area contributed by atoms with Gasteiger partial charge in [-0.05, 0) is 70.2 Å². The van der Waals surface area contributed by atoms with Crippen molar-refractivity contribution in [1.29, 1.82) is 0 Å². The number of para-hydroxylation sites is 1. The van der Waals surface area contributed by atoms with Crippen molar-refractivity contribution in [2.24, 2.45) is 0 Å². The van der Waals surface area contributed by atoms with Gasteiger partial charge in [0.2, 0.25) is 0 Å². The molecule has 0 spiro atoms. The van der Waals surface area contributed by atoms with Crippen molar-refractivity contribution in [2.45, 2.75) is 27.7 Å². The van der Waals surface area contributed by atoms with Gasteiger partial charge in [-0.15, -0.1) is 0 Å². The molecule has 152 valence electrons. The second kappa shape index (κ2) is 10.9. The Morgan fingerprint density at radius 3 is 2.24 bits per heavy atom. The first-order valence-electron chi connectivity index (χ1n) is 9.53. The van der Waals surface area contributed by atoms with E-state index >= 15 is 0 Å². The number of phenolic OH excluding ortho intramolecular Hbond substituents is 1. The summed E-state index contributed by atoms with van der Waals surface area (Å²) in [4.78, 5) is 12.5. The largest absolute Gasteiger partial charge is 0.507 e. The third-order valence-electron chi connectivity index (χ3n) is 4.04. The monoisotopic (exact) mass is 392 g/mol. The molecule has 2 aromatic carbocycles. The molecule has 4 heteroatoms. The normalized spacial score (nSPS) is 10.5. The molecule has 0 radical (unpaired) electrons. The average molecular weight is 392 g/mol. The lowest BCUT2D eigenvalue weighted by atomic mass is 10.1. The standard InChI is InChI=1S/C25H28O4/c1-18(2)13-15-28-21-10-11-22(24(27)17-21)23(26)12-9-20-7-5-6-8-25(20)29-16-14-19(3)4/h5-14,17,27H,15-16H2,1-4H3. The molecule has 0 amide bonds. The molecule has 0 aliphatic heterocycles. The highest BCUT2D eigenvalue weighted by Gasteiger charge is 2.10. The molecule has 0 fully saturated rings. The van der Waals surface area contributed by atoms with Crippen molar-refractivity contribution in [2.75, 3.05) is 13.2 Å². The van der Waals surface area contributed by atoms with Crippen LogP contribution in [0, 0.1) is 0 Å². The first-order valence-corrected chi connectivity index (χ1v) is 9.53. The van der Waals surface area contributed by atoms with Gasteiger partial charge in [0.25, 0.3) is 0 Å². The zero-order valence-electron chi connectivity index (χ0n) is 17.4. The van der Waals surface area contributed by atoms with E-state index in [-0.39, 0.29) is 17.1 Å². The quantitative estimate of drug-likeness (QED) is 0.324. The van der Waals surface area contributed by atoms with Crippen LogP contribution in [0.4, 0.5) is 0 Å². The van der Waals surface area contributed by atoms with Gasteiger partial charge < -0.3 is 14.6 Å². The number of hydrogen-bond acceptors (Lipinski definition) is 4. The summed E-state index contributed by atoms with van der Waals surface area (Å²) in [6.45, 7) is 8.88. The Morgan fingerprint density at radius 1 is 0.931 bits per heavy atom. The van der Waals surface area contributed by atoms with Crippen LogP contribution in [0.5, 0.6) is 17.2 Å². The zero-order valence-corrected chi connectivity index (χ0v) is 17.4. The van der Waals surface area contributed by atoms with Crippen LogP contribution in [-0.2, 0) is 0 Å². The van der Waals surface area contributed by atoms with Crippen molar-refractivity contribution >= 4 is 11.9 Å². The van der Waals surface area contributed by atoms with Crippen molar-refractivity contribution in [3.8, 4) is 17.2 Å². The molecule has 2 aromatic rings. The number of allylic oxidation sites excluding steroid dienone is 3. The van der Waals surface area contributed by atoms with Gasteiger partial charge in [0.15, 0.2) is 5.78 Å². The van der Waals surface area contributed by atoms with Crippen LogP contribution in [0.15, 0.2) is 71.8 Å². The molecule has 0 saturated heterocycles. The van der Waals surface area contributed by atoms with Crippen LogP contribution in [0.25, 0.3) is 6.08 Å². The molecular weight excluding hydrogens is 364 g/mol. The third-order valence-corrected chi connectivity index (χ3v) is 4.04. The van der Waals surface area contributed by atoms with Crippen molar-refractivity contribution in [3.05, 3.63) is 83.0 Å². The van der Waals surface area contributed by atoms with Crippen LogP contribution in [0.2, 0.25) is 0 Å². The van der Waals surface area contributed by atoms with E-state index < -0.39 is 0 Å². The summed E-state index contributed by atoms with van der Waals surface area (Å²) in [5, 5.41) is 10.2. The maximum Gasteiger partial charge on any atom is 0.189 e. The predicted molar refractivity (Wildman–Crippen MR) is 118 cm³/mol. The maximum atomic E-state index is 12.5. The predicted octanol–water partition coefficient (Wildman–Crippen LogP) is 5.98. The van der Waals surface area contributed by atoms with E-state index in [9.17, 15) is 9.90 Å². The summed E-state index contributed by atoms with van der Waals surface area (Å²) in [6, 6.07) is 12.2. The lowest BCUT2D eigenvalue weighted by Gasteiger charge is -2.08. The van der Waals surface area contributed by atoms with Gasteiger partial charge in [0, 0.05) is 11.6 Å². The van der Waals surface area contributed by atoms with Crippen LogP contribution < -0.4 is 9.47 Å². The van der Waals surface area contributed by atoms with Gasteiger partial charge in [-0.2, -0.15) is 0 Å². The Bertz CT molecular complexity index is 928. The number of ketones is 1. The summed E-state index contributed by atoms with van der Waals surface area (Å²) >= 11 is 0. The van der Waals surface area contributed by atoms with E-state index in [1.54, 1.807) is 18.2 Å². The molecule has 0 atom stereocenters. The number of benzene rings is 2. The van der Waals surface area contributed by atoms with Gasteiger partial charge in [-0.3, -0.25) is 4.79 Å². The Morgan fingerprint density at radius 2 is 1.59 bits per heavy atom. The molecule has 29 heavy (non-hydrogen) atoms. The third kappa shape index (κ3) is 7.34. The molecular formula is C25H28O4. The first kappa shape index (κ1) is 22.0. The van der Waals surface area contributed by atoms with Gasteiger partial charge in [0.1, 0.15) is 30.5 Å². The fourth-order valence-corrected chi connectivity index (χ4v) is 2.42. The van der Waals surface area contributed by atoms with Gasteiger partial charge in [0.05, 0.1) is 5.56 Å². The summed E-state index contributed by atoms with van der Waals surface area (Å²) in [5.74, 6) is 0.805. The number of ether oxygens (including phenoxy) is 2. The minimum atomic E-state index is -0.294. The van der Waals surface area contributed by atoms with E-state index in [1.807, 2.05) is 64.1 Å². The fourth-order valence-electron chi connectivity index (χ4n) is 2.42. The molecule has 4 nitrogen and oxygen atoms in total. The molecule has 0 heterocycles. The summed E-state index contributed by atoms with van der Waals surface area (Å²) in [6.07, 6.45) is 7.06. The number of phenols is 1. The minimum Gasteiger partial charge on any atom is -0.507 e. The molecule has 0 aliphatic carbocycles. The summed E-state index contributed by atoms with van der Waals surface area (Å²) in [5.41, 5.74) is 3.34. The van der Waals surface area contributed by atoms with E-state index in [4.69, 9.17) is 9.47 Å². The number of carbonyl (C=O) groups excluding carboxylic acids is 1. The number of rotatable bonds is 9. The van der Waals surface area contributed by atoms with Gasteiger partial charge in [-0.1, -0.05) is 29.3 Å². The fraction of sp³-hybridized carbons (Fsp3) is 0.240. The molecule has 1 N–H and O–H groups in total. The molecule has 0 aromatic heterocycles. The second-order valence-corrected chi connectivity index (χ2v) is 7.10.